The molecule has 0 saturated heterocycles. The fraction of sp³-hybridized carbons (Fsp3) is 0.400. The first-order valence-corrected chi connectivity index (χ1v) is 9.02. The molecule has 2 N–H and O–H groups in total. The number of carbonyl (C=O) groups is 1. The highest BCUT2D eigenvalue weighted by atomic mass is 16.5. The summed E-state index contributed by atoms with van der Waals surface area (Å²) < 4.78 is 7.14. The van der Waals surface area contributed by atoms with Crippen LogP contribution in [-0.4, -0.2) is 33.9 Å². The summed E-state index contributed by atoms with van der Waals surface area (Å²) in [5.74, 6) is -0.109. The average Bonchev–Trinajstić information content (AvgIpc) is 3.19. The van der Waals surface area contributed by atoms with Gasteiger partial charge in [0.2, 0.25) is 0 Å². The lowest BCUT2D eigenvalue weighted by molar-refractivity contribution is 0.0929. The highest BCUT2D eigenvalue weighted by Gasteiger charge is 2.18. The Labute approximate surface area is 153 Å². The molecule has 0 radical (unpaired) electrons. The number of aromatic amines is 1. The lowest BCUT2D eigenvalue weighted by Gasteiger charge is -2.16. The minimum Gasteiger partial charge on any atom is -0.373 e. The molecule has 2 aromatic rings. The van der Waals surface area contributed by atoms with Gasteiger partial charge in [0.25, 0.3) is 5.91 Å². The molecule has 2 aromatic heterocycles. The molecule has 0 bridgehead atoms. The van der Waals surface area contributed by atoms with Crippen LogP contribution in [0.4, 0.5) is 0 Å². The molecule has 6 nitrogen and oxygen atoms in total. The lowest BCUT2D eigenvalue weighted by Crippen LogP contribution is -2.29. The van der Waals surface area contributed by atoms with Crippen molar-refractivity contribution in [2.75, 3.05) is 7.11 Å². The summed E-state index contributed by atoms with van der Waals surface area (Å²) >= 11 is 0. The Morgan fingerprint density at radius 1 is 1.50 bits per heavy atom. The lowest BCUT2D eigenvalue weighted by atomic mass is 10.0. The summed E-state index contributed by atoms with van der Waals surface area (Å²) in [5.41, 5.74) is 1.58. The smallest absolute Gasteiger partial charge is 0.268 e. The summed E-state index contributed by atoms with van der Waals surface area (Å²) in [7, 11) is 3.55. The molecule has 3 rings (SSSR count). The van der Waals surface area contributed by atoms with E-state index in [-0.39, 0.29) is 18.1 Å². The van der Waals surface area contributed by atoms with Gasteiger partial charge in [-0.3, -0.25) is 9.48 Å². The maximum Gasteiger partial charge on any atom is 0.268 e. The van der Waals surface area contributed by atoms with Gasteiger partial charge in [0.05, 0.1) is 18.3 Å². The monoisotopic (exact) mass is 354 g/mol. The Hall–Kier alpha value is -2.60. The van der Waals surface area contributed by atoms with Crippen molar-refractivity contribution in [3.05, 3.63) is 52.4 Å². The normalized spacial score (nSPS) is 17.0. The van der Waals surface area contributed by atoms with Crippen molar-refractivity contribution < 1.29 is 9.53 Å². The van der Waals surface area contributed by atoms with E-state index in [1.165, 1.54) is 0 Å². The van der Waals surface area contributed by atoms with Crippen LogP contribution in [0, 0.1) is 0 Å². The van der Waals surface area contributed by atoms with Crippen LogP contribution in [0.5, 0.6) is 0 Å². The van der Waals surface area contributed by atoms with Crippen LogP contribution in [-0.2, 0) is 11.8 Å². The maximum atomic E-state index is 12.8. The molecule has 26 heavy (non-hydrogen) atoms. The molecule has 1 aliphatic carbocycles. The molecule has 0 aromatic carbocycles. The number of ether oxygens (including phenoxy) is 1. The van der Waals surface area contributed by atoms with Crippen molar-refractivity contribution >= 4 is 18.1 Å². The van der Waals surface area contributed by atoms with E-state index < -0.39 is 0 Å². The summed E-state index contributed by atoms with van der Waals surface area (Å²) in [5, 5.41) is 9.27. The fourth-order valence-electron chi connectivity index (χ4n) is 3.11. The predicted octanol–water partition coefficient (Wildman–Crippen LogP) is 1.56. The number of H-pyrrole nitrogens is 1. The third-order valence-electron chi connectivity index (χ3n) is 4.58. The van der Waals surface area contributed by atoms with Gasteiger partial charge < -0.3 is 15.0 Å². The minimum atomic E-state index is -0.109. The molecule has 138 valence electrons. The average molecular weight is 354 g/mol. The van der Waals surface area contributed by atoms with Crippen molar-refractivity contribution in [2.24, 2.45) is 7.05 Å². The zero-order valence-corrected chi connectivity index (χ0v) is 15.5. The topological polar surface area (TPSA) is 71.9 Å². The van der Waals surface area contributed by atoms with E-state index >= 15 is 0 Å². The van der Waals surface area contributed by atoms with E-state index in [2.05, 4.69) is 22.3 Å². The van der Waals surface area contributed by atoms with Gasteiger partial charge in [-0.1, -0.05) is 31.9 Å². The Morgan fingerprint density at radius 2 is 2.35 bits per heavy atom. The number of nitrogens with one attached hydrogen (secondary N) is 2. The largest absolute Gasteiger partial charge is 0.373 e. The van der Waals surface area contributed by atoms with Gasteiger partial charge in [0, 0.05) is 31.3 Å². The van der Waals surface area contributed by atoms with Gasteiger partial charge in [0.15, 0.2) is 0 Å². The van der Waals surface area contributed by atoms with Gasteiger partial charge in [-0.2, -0.15) is 5.10 Å². The van der Waals surface area contributed by atoms with Crippen LogP contribution in [0.15, 0.2) is 30.6 Å². The molecule has 6 heteroatoms. The Balaban J connectivity index is 1.82. The summed E-state index contributed by atoms with van der Waals surface area (Å²) in [6.45, 7) is 2.15. The van der Waals surface area contributed by atoms with Crippen LogP contribution in [0.1, 0.15) is 48.3 Å². The first-order chi connectivity index (χ1) is 12.6. The molecule has 2 heterocycles. The van der Waals surface area contributed by atoms with E-state index in [1.54, 1.807) is 11.8 Å². The van der Waals surface area contributed by atoms with Crippen molar-refractivity contribution in [3.8, 4) is 0 Å². The third kappa shape index (κ3) is 4.14. The number of rotatable bonds is 7. The predicted molar refractivity (Wildman–Crippen MR) is 102 cm³/mol. The molecule has 0 saturated carbocycles. The van der Waals surface area contributed by atoms with E-state index in [1.807, 2.05) is 49.8 Å². The Morgan fingerprint density at radius 3 is 3.04 bits per heavy atom. The second-order valence-corrected chi connectivity index (χ2v) is 6.59. The number of allylic oxidation sites excluding steroid dienone is 1. The van der Waals surface area contributed by atoms with Gasteiger partial charge in [0.1, 0.15) is 5.69 Å². The van der Waals surface area contributed by atoms with Crippen molar-refractivity contribution in [1.29, 1.82) is 0 Å². The highest BCUT2D eigenvalue weighted by molar-refractivity contribution is 5.92. The number of unbranched alkanes of at least 4 members (excludes halogenated alkanes) is 1. The number of aromatic nitrogens is 3. The summed E-state index contributed by atoms with van der Waals surface area (Å²) in [6, 6.07) is 1.83. The first kappa shape index (κ1) is 18.2. The number of fused-ring (bicyclic) bond motifs is 1. The number of nitrogens with zero attached hydrogens (tertiary/aromatic N) is 2. The number of amides is 1. The minimum absolute atomic E-state index is 0.0427. The van der Waals surface area contributed by atoms with E-state index in [9.17, 15) is 4.79 Å². The van der Waals surface area contributed by atoms with Gasteiger partial charge in [-0.05, 0) is 29.9 Å². The Bertz CT molecular complexity index is 907. The third-order valence-corrected chi connectivity index (χ3v) is 4.58. The molecule has 1 aliphatic rings. The first-order valence-electron chi connectivity index (χ1n) is 9.02. The SMILES string of the molecule is CCCCC(NC(=O)c1cc2c([nH]1)=CC=CC(OC)C=2)c1cnn(C)c1. The molecule has 0 fully saturated rings. The van der Waals surface area contributed by atoms with Gasteiger partial charge in [-0.25, -0.2) is 0 Å². The molecular weight excluding hydrogens is 328 g/mol. The molecule has 2 atom stereocenters. The van der Waals surface area contributed by atoms with Crippen LogP contribution in [0.2, 0.25) is 0 Å². The summed E-state index contributed by atoms with van der Waals surface area (Å²) in [6.07, 6.45) is 14.6. The van der Waals surface area contributed by atoms with E-state index in [4.69, 9.17) is 4.74 Å². The number of carbonyl (C=O) groups excluding carboxylic acids is 1. The van der Waals surface area contributed by atoms with Gasteiger partial charge >= 0.3 is 0 Å². The fourth-order valence-corrected chi connectivity index (χ4v) is 3.11. The number of methoxy groups -OCH3 is 1. The second-order valence-electron chi connectivity index (χ2n) is 6.59. The molecule has 0 spiro atoms. The summed E-state index contributed by atoms with van der Waals surface area (Å²) in [4.78, 5) is 16.0. The van der Waals surface area contributed by atoms with Crippen LogP contribution in [0.25, 0.3) is 12.2 Å². The molecule has 2 unspecified atom stereocenters. The zero-order chi connectivity index (χ0) is 18.5. The highest BCUT2D eigenvalue weighted by Crippen LogP contribution is 2.19. The molecular formula is C20H26N4O2. The zero-order valence-electron chi connectivity index (χ0n) is 15.5. The Kier molecular flexibility index (Phi) is 5.73. The molecule has 1 amide bonds. The van der Waals surface area contributed by atoms with Crippen molar-refractivity contribution in [1.82, 2.24) is 20.1 Å². The van der Waals surface area contributed by atoms with Crippen molar-refractivity contribution in [3.63, 3.8) is 0 Å². The van der Waals surface area contributed by atoms with E-state index in [0.29, 0.717) is 5.69 Å². The quantitative estimate of drug-likeness (QED) is 0.793. The van der Waals surface area contributed by atoms with Gasteiger partial charge in [-0.15, -0.1) is 0 Å². The number of aryl methyl sites for hydroxylation is 1. The van der Waals surface area contributed by atoms with Crippen LogP contribution in [0.3, 0.4) is 0 Å². The number of hydrogen-bond donors (Lipinski definition) is 2. The van der Waals surface area contributed by atoms with Crippen molar-refractivity contribution in [2.45, 2.75) is 38.3 Å². The molecule has 0 aliphatic heterocycles. The second kappa shape index (κ2) is 8.19. The number of hydrogen-bond acceptors (Lipinski definition) is 3. The van der Waals surface area contributed by atoms with Crippen LogP contribution >= 0.6 is 0 Å². The standard InChI is InChI=1S/C20H26N4O2/c1-4-5-8-18(15-12-21-24(2)13-15)23-20(25)19-11-14-10-16(26-3)7-6-9-17(14)22-19/h6-7,9-13,16,18,22H,4-5,8H2,1-3H3,(H,23,25). The van der Waals surface area contributed by atoms with Crippen LogP contribution < -0.4 is 15.9 Å². The van der Waals surface area contributed by atoms with E-state index in [0.717, 1.165) is 35.4 Å². The maximum absolute atomic E-state index is 12.8.